The molecule has 0 aliphatic rings. The van der Waals surface area contributed by atoms with Gasteiger partial charge < -0.3 is 5.43 Å². The predicted octanol–water partition coefficient (Wildman–Crippen LogP) is 2.28. The van der Waals surface area contributed by atoms with Crippen molar-refractivity contribution in [3.05, 3.63) is 35.3 Å². The molecule has 0 saturated carbocycles. The fourth-order valence-corrected chi connectivity index (χ4v) is 1.67. The minimum absolute atomic E-state index is 0.315. The molecule has 0 saturated heterocycles. The highest BCUT2D eigenvalue weighted by Gasteiger charge is 2.08. The highest BCUT2D eigenvalue weighted by Crippen LogP contribution is 2.25. The molecule has 0 unspecified atom stereocenters. The van der Waals surface area contributed by atoms with Crippen LogP contribution >= 0.6 is 0 Å². The number of aromatic nitrogens is 1. The Hall–Kier alpha value is -1.68. The molecule has 0 aliphatic carbocycles. The molecular formula is C11H12FN3. The number of rotatable bonds is 1. The van der Waals surface area contributed by atoms with E-state index in [9.17, 15) is 4.39 Å². The number of hydrogen-bond acceptors (Lipinski definition) is 3. The molecule has 2 rings (SSSR count). The molecule has 1 aromatic carbocycles. The molecule has 3 nitrogen and oxygen atoms in total. The van der Waals surface area contributed by atoms with Crippen LogP contribution in [0.3, 0.4) is 0 Å². The summed E-state index contributed by atoms with van der Waals surface area (Å²) >= 11 is 0. The average Bonchev–Trinajstić information content (AvgIpc) is 2.18. The first kappa shape index (κ1) is 9.86. The van der Waals surface area contributed by atoms with Crippen molar-refractivity contribution in [3.8, 4) is 0 Å². The summed E-state index contributed by atoms with van der Waals surface area (Å²) in [6, 6.07) is 5.12. The van der Waals surface area contributed by atoms with Gasteiger partial charge in [-0.2, -0.15) is 0 Å². The van der Waals surface area contributed by atoms with E-state index in [0.29, 0.717) is 16.6 Å². The molecule has 0 radical (unpaired) electrons. The number of nitrogens with zero attached hydrogens (tertiary/aromatic N) is 1. The second kappa shape index (κ2) is 3.47. The van der Waals surface area contributed by atoms with Gasteiger partial charge in [0.25, 0.3) is 0 Å². The van der Waals surface area contributed by atoms with Crippen molar-refractivity contribution < 1.29 is 4.39 Å². The highest BCUT2D eigenvalue weighted by atomic mass is 19.1. The number of hydrogen-bond donors (Lipinski definition) is 2. The maximum atomic E-state index is 13.6. The maximum absolute atomic E-state index is 13.6. The minimum atomic E-state index is -0.315. The van der Waals surface area contributed by atoms with Crippen molar-refractivity contribution in [1.82, 2.24) is 4.98 Å². The number of hydrazine groups is 1. The molecule has 15 heavy (non-hydrogen) atoms. The second-order valence-corrected chi connectivity index (χ2v) is 3.60. The van der Waals surface area contributed by atoms with Crippen LogP contribution in [-0.2, 0) is 0 Å². The van der Waals surface area contributed by atoms with Crippen LogP contribution < -0.4 is 11.3 Å². The highest BCUT2D eigenvalue weighted by molar-refractivity contribution is 5.92. The SMILES string of the molecule is Cc1cc(F)c2nc(C)cc(NN)c2c1. The van der Waals surface area contributed by atoms with Crippen molar-refractivity contribution in [2.24, 2.45) is 5.84 Å². The number of aryl methyl sites for hydroxylation is 2. The molecule has 0 atom stereocenters. The molecule has 0 bridgehead atoms. The first-order chi connectivity index (χ1) is 7.11. The first-order valence-electron chi connectivity index (χ1n) is 4.66. The predicted molar refractivity (Wildman–Crippen MR) is 59.0 cm³/mol. The summed E-state index contributed by atoms with van der Waals surface area (Å²) in [5.41, 5.74) is 5.19. The lowest BCUT2D eigenvalue weighted by Gasteiger charge is -2.08. The zero-order valence-electron chi connectivity index (χ0n) is 8.63. The third-order valence-electron chi connectivity index (χ3n) is 2.29. The van der Waals surface area contributed by atoms with Gasteiger partial charge in [-0.25, -0.2) is 9.37 Å². The van der Waals surface area contributed by atoms with Crippen molar-refractivity contribution in [3.63, 3.8) is 0 Å². The lowest BCUT2D eigenvalue weighted by Crippen LogP contribution is -2.08. The van der Waals surface area contributed by atoms with Gasteiger partial charge in [0.1, 0.15) is 11.3 Å². The van der Waals surface area contributed by atoms with Crippen LogP contribution in [0, 0.1) is 19.7 Å². The number of benzene rings is 1. The van der Waals surface area contributed by atoms with Gasteiger partial charge in [-0.05, 0) is 37.6 Å². The maximum Gasteiger partial charge on any atom is 0.149 e. The molecule has 1 aromatic heterocycles. The van der Waals surface area contributed by atoms with Crippen LogP contribution in [-0.4, -0.2) is 4.98 Å². The molecule has 0 amide bonds. The Kier molecular flexibility index (Phi) is 2.28. The molecule has 0 aliphatic heterocycles. The second-order valence-electron chi connectivity index (χ2n) is 3.60. The summed E-state index contributed by atoms with van der Waals surface area (Å²) in [4.78, 5) is 4.15. The van der Waals surface area contributed by atoms with Gasteiger partial charge in [0.15, 0.2) is 0 Å². The topological polar surface area (TPSA) is 50.9 Å². The number of fused-ring (bicyclic) bond motifs is 1. The molecular weight excluding hydrogens is 193 g/mol. The summed E-state index contributed by atoms with van der Waals surface area (Å²) in [5, 5.41) is 0.709. The summed E-state index contributed by atoms with van der Waals surface area (Å²) in [6.45, 7) is 3.64. The van der Waals surface area contributed by atoms with Gasteiger partial charge in [-0.3, -0.25) is 5.84 Å². The quantitative estimate of drug-likeness (QED) is 0.554. The standard InChI is InChI=1S/C11H12FN3/c1-6-3-8-10(15-13)5-7(2)14-11(8)9(12)4-6/h3-5H,13H2,1-2H3,(H,14,15). The molecule has 0 fully saturated rings. The van der Waals surface area contributed by atoms with E-state index in [4.69, 9.17) is 5.84 Å². The average molecular weight is 205 g/mol. The summed E-state index contributed by atoms with van der Waals surface area (Å²) in [6.07, 6.45) is 0. The lowest BCUT2D eigenvalue weighted by molar-refractivity contribution is 0.635. The van der Waals surface area contributed by atoms with Crippen molar-refractivity contribution in [2.45, 2.75) is 13.8 Å². The van der Waals surface area contributed by atoms with Gasteiger partial charge in [-0.15, -0.1) is 0 Å². The smallest absolute Gasteiger partial charge is 0.149 e. The Morgan fingerprint density at radius 2 is 2.00 bits per heavy atom. The third-order valence-corrected chi connectivity index (χ3v) is 2.29. The van der Waals surface area contributed by atoms with Crippen LogP contribution in [0.2, 0.25) is 0 Å². The molecule has 3 N–H and O–H groups in total. The Morgan fingerprint density at radius 3 is 2.67 bits per heavy atom. The minimum Gasteiger partial charge on any atom is -0.323 e. The summed E-state index contributed by atoms with van der Waals surface area (Å²) in [7, 11) is 0. The number of anilines is 1. The fourth-order valence-electron chi connectivity index (χ4n) is 1.67. The Labute approximate surface area is 87.1 Å². The summed E-state index contributed by atoms with van der Waals surface area (Å²) in [5.74, 6) is 5.07. The van der Waals surface area contributed by atoms with Gasteiger partial charge in [0.2, 0.25) is 0 Å². The van der Waals surface area contributed by atoms with Gasteiger partial charge >= 0.3 is 0 Å². The molecule has 78 valence electrons. The van der Waals surface area contributed by atoms with E-state index in [0.717, 1.165) is 11.3 Å². The summed E-state index contributed by atoms with van der Waals surface area (Å²) < 4.78 is 13.6. The monoisotopic (exact) mass is 205 g/mol. The molecule has 1 heterocycles. The van der Waals surface area contributed by atoms with E-state index in [-0.39, 0.29) is 5.82 Å². The van der Waals surface area contributed by atoms with E-state index >= 15 is 0 Å². The first-order valence-corrected chi connectivity index (χ1v) is 4.66. The number of nitrogen functional groups attached to an aromatic ring is 1. The van der Waals surface area contributed by atoms with Gasteiger partial charge in [0.05, 0.1) is 5.69 Å². The number of halogens is 1. The van der Waals surface area contributed by atoms with E-state index in [2.05, 4.69) is 10.4 Å². The van der Waals surface area contributed by atoms with E-state index in [1.807, 2.05) is 13.0 Å². The molecule has 0 spiro atoms. The normalized spacial score (nSPS) is 10.7. The Bertz CT molecular complexity index is 523. The van der Waals surface area contributed by atoms with E-state index in [1.54, 1.807) is 13.0 Å². The van der Waals surface area contributed by atoms with Gasteiger partial charge in [0, 0.05) is 11.1 Å². The van der Waals surface area contributed by atoms with Crippen molar-refractivity contribution >= 4 is 16.6 Å². The van der Waals surface area contributed by atoms with Crippen molar-refractivity contribution in [1.29, 1.82) is 0 Å². The van der Waals surface area contributed by atoms with Crippen LogP contribution in [0.15, 0.2) is 18.2 Å². The lowest BCUT2D eigenvalue weighted by atomic mass is 10.1. The number of nitrogens with two attached hydrogens (primary N) is 1. The Balaban J connectivity index is 2.89. The number of pyridine rings is 1. The zero-order chi connectivity index (χ0) is 11.0. The van der Waals surface area contributed by atoms with Crippen LogP contribution in [0.4, 0.5) is 10.1 Å². The molecule has 2 aromatic rings. The number of nitrogens with one attached hydrogen (secondary N) is 1. The zero-order valence-corrected chi connectivity index (χ0v) is 8.63. The van der Waals surface area contributed by atoms with Crippen LogP contribution in [0.1, 0.15) is 11.3 Å². The van der Waals surface area contributed by atoms with Crippen molar-refractivity contribution in [2.75, 3.05) is 5.43 Å². The Morgan fingerprint density at radius 1 is 1.27 bits per heavy atom. The van der Waals surface area contributed by atoms with Crippen LogP contribution in [0.5, 0.6) is 0 Å². The van der Waals surface area contributed by atoms with Crippen LogP contribution in [0.25, 0.3) is 10.9 Å². The van der Waals surface area contributed by atoms with Gasteiger partial charge in [-0.1, -0.05) is 0 Å². The molecule has 4 heteroatoms. The fraction of sp³-hybridized carbons (Fsp3) is 0.182. The third kappa shape index (κ3) is 1.64. The largest absolute Gasteiger partial charge is 0.323 e. The van der Waals surface area contributed by atoms with E-state index in [1.165, 1.54) is 6.07 Å². The van der Waals surface area contributed by atoms with E-state index < -0.39 is 0 Å².